The highest BCUT2D eigenvalue weighted by atomic mass is 15.2. The van der Waals surface area contributed by atoms with E-state index in [-0.39, 0.29) is 0 Å². The number of hydrogen-bond acceptors (Lipinski definition) is 2. The van der Waals surface area contributed by atoms with Gasteiger partial charge in [-0.25, -0.2) is 0 Å². The number of nitrogens with one attached hydrogen (secondary N) is 1. The van der Waals surface area contributed by atoms with E-state index in [9.17, 15) is 0 Å². The Labute approximate surface area is 113 Å². The minimum Gasteiger partial charge on any atom is -0.312 e. The summed E-state index contributed by atoms with van der Waals surface area (Å²) < 4.78 is 0. The quantitative estimate of drug-likeness (QED) is 0.811. The highest BCUT2D eigenvalue weighted by molar-refractivity contribution is 4.93. The lowest BCUT2D eigenvalue weighted by Gasteiger charge is -2.41. The summed E-state index contributed by atoms with van der Waals surface area (Å²) in [4.78, 5) is 2.85. The van der Waals surface area contributed by atoms with Crippen LogP contribution in [0.25, 0.3) is 0 Å². The average Bonchev–Trinajstić information content (AvgIpc) is 3.15. The van der Waals surface area contributed by atoms with Gasteiger partial charge in [-0.05, 0) is 69.4 Å². The fourth-order valence-corrected chi connectivity index (χ4v) is 4.29. The smallest absolute Gasteiger partial charge is 0.0223 e. The van der Waals surface area contributed by atoms with E-state index in [1.165, 1.54) is 58.2 Å². The predicted molar refractivity (Wildman–Crippen MR) is 76.7 cm³/mol. The van der Waals surface area contributed by atoms with Crippen LogP contribution in [0, 0.1) is 17.8 Å². The molecule has 3 fully saturated rings. The van der Waals surface area contributed by atoms with Crippen molar-refractivity contribution >= 4 is 0 Å². The van der Waals surface area contributed by atoms with E-state index in [4.69, 9.17) is 0 Å². The van der Waals surface area contributed by atoms with Gasteiger partial charge in [0.15, 0.2) is 0 Å². The molecule has 3 aliphatic rings. The molecule has 4 unspecified atom stereocenters. The first kappa shape index (κ1) is 12.9. The molecule has 1 aliphatic heterocycles. The zero-order chi connectivity index (χ0) is 12.5. The highest BCUT2D eigenvalue weighted by Gasteiger charge is 2.36. The Morgan fingerprint density at radius 1 is 1.06 bits per heavy atom. The highest BCUT2D eigenvalue weighted by Crippen LogP contribution is 2.36. The van der Waals surface area contributed by atoms with Gasteiger partial charge in [-0.2, -0.15) is 0 Å². The lowest BCUT2D eigenvalue weighted by Crippen LogP contribution is -2.47. The van der Waals surface area contributed by atoms with Crippen LogP contribution in [0.4, 0.5) is 0 Å². The summed E-state index contributed by atoms with van der Waals surface area (Å²) in [7, 11) is 0. The second-order valence-electron chi connectivity index (χ2n) is 7.21. The topological polar surface area (TPSA) is 15.3 Å². The molecule has 0 bridgehead atoms. The second-order valence-corrected chi connectivity index (χ2v) is 7.21. The minimum atomic E-state index is 0.805. The van der Waals surface area contributed by atoms with Gasteiger partial charge in [0.2, 0.25) is 0 Å². The van der Waals surface area contributed by atoms with Crippen LogP contribution in [0.15, 0.2) is 0 Å². The van der Waals surface area contributed by atoms with E-state index < -0.39 is 0 Å². The Hall–Kier alpha value is -0.0800. The molecule has 2 saturated carbocycles. The van der Waals surface area contributed by atoms with Gasteiger partial charge < -0.3 is 5.32 Å². The molecule has 0 amide bonds. The first-order chi connectivity index (χ1) is 8.74. The van der Waals surface area contributed by atoms with E-state index in [1.807, 2.05) is 0 Å². The van der Waals surface area contributed by atoms with E-state index in [1.54, 1.807) is 0 Å². The van der Waals surface area contributed by atoms with E-state index in [0.717, 1.165) is 29.8 Å². The number of rotatable bonds is 2. The van der Waals surface area contributed by atoms with Crippen molar-refractivity contribution in [2.45, 2.75) is 64.5 Å². The van der Waals surface area contributed by atoms with Crippen LogP contribution < -0.4 is 5.32 Å². The molecule has 0 radical (unpaired) electrons. The fourth-order valence-electron chi connectivity index (χ4n) is 4.29. The van der Waals surface area contributed by atoms with Crippen molar-refractivity contribution in [2.24, 2.45) is 17.8 Å². The van der Waals surface area contributed by atoms with Gasteiger partial charge in [0, 0.05) is 18.6 Å². The summed E-state index contributed by atoms with van der Waals surface area (Å²) >= 11 is 0. The normalized spacial score (nSPS) is 43.7. The average molecular weight is 250 g/mol. The second kappa shape index (κ2) is 5.50. The van der Waals surface area contributed by atoms with Crippen molar-refractivity contribution in [1.82, 2.24) is 10.2 Å². The maximum Gasteiger partial charge on any atom is 0.0223 e. The Morgan fingerprint density at radius 3 is 2.61 bits per heavy atom. The van der Waals surface area contributed by atoms with E-state index >= 15 is 0 Å². The van der Waals surface area contributed by atoms with Gasteiger partial charge in [0.1, 0.15) is 0 Å². The minimum absolute atomic E-state index is 0.805. The molecule has 1 N–H and O–H groups in total. The van der Waals surface area contributed by atoms with Gasteiger partial charge >= 0.3 is 0 Å². The summed E-state index contributed by atoms with van der Waals surface area (Å²) in [6.45, 7) is 8.83. The predicted octanol–water partition coefficient (Wildman–Crippen LogP) is 2.89. The molecule has 3 rings (SSSR count). The molecule has 2 heteroatoms. The van der Waals surface area contributed by atoms with Crippen LogP contribution in [0.3, 0.4) is 0 Å². The molecular weight excluding hydrogens is 220 g/mol. The maximum absolute atomic E-state index is 3.79. The fraction of sp³-hybridized carbons (Fsp3) is 1.00. The molecule has 0 aromatic rings. The molecule has 18 heavy (non-hydrogen) atoms. The molecule has 0 spiro atoms. The third-order valence-electron chi connectivity index (χ3n) is 5.51. The lowest BCUT2D eigenvalue weighted by atomic mass is 9.79. The molecule has 0 aromatic carbocycles. The van der Waals surface area contributed by atoms with Crippen molar-refractivity contribution in [2.75, 3.05) is 19.6 Å². The summed E-state index contributed by atoms with van der Waals surface area (Å²) in [6, 6.07) is 1.68. The SMILES string of the molecule is CC1CCC(N2CCCNC(C3CC3)C2)C(C)C1. The first-order valence-electron chi connectivity index (χ1n) is 8.21. The molecule has 2 nitrogen and oxygen atoms in total. The van der Waals surface area contributed by atoms with Gasteiger partial charge in [0.05, 0.1) is 0 Å². The molecule has 104 valence electrons. The van der Waals surface area contributed by atoms with Gasteiger partial charge in [-0.1, -0.05) is 13.8 Å². The van der Waals surface area contributed by atoms with Crippen LogP contribution in [0.5, 0.6) is 0 Å². The Bertz CT molecular complexity index is 274. The largest absolute Gasteiger partial charge is 0.312 e. The third kappa shape index (κ3) is 2.91. The van der Waals surface area contributed by atoms with Crippen molar-refractivity contribution < 1.29 is 0 Å². The summed E-state index contributed by atoms with van der Waals surface area (Å²) in [5.74, 6) is 2.87. The van der Waals surface area contributed by atoms with Crippen molar-refractivity contribution in [3.05, 3.63) is 0 Å². The molecular formula is C16H30N2. The molecule has 2 aliphatic carbocycles. The Kier molecular flexibility index (Phi) is 3.95. The number of nitrogens with zero attached hydrogens (tertiary/aromatic N) is 1. The van der Waals surface area contributed by atoms with E-state index in [0.29, 0.717) is 0 Å². The first-order valence-corrected chi connectivity index (χ1v) is 8.21. The number of hydrogen-bond donors (Lipinski definition) is 1. The van der Waals surface area contributed by atoms with Crippen LogP contribution >= 0.6 is 0 Å². The van der Waals surface area contributed by atoms with Gasteiger partial charge in [-0.3, -0.25) is 4.90 Å². The van der Waals surface area contributed by atoms with Crippen LogP contribution in [0.2, 0.25) is 0 Å². The Balaban J connectivity index is 1.62. The van der Waals surface area contributed by atoms with Crippen molar-refractivity contribution in [1.29, 1.82) is 0 Å². The molecule has 1 saturated heterocycles. The Morgan fingerprint density at radius 2 is 1.89 bits per heavy atom. The zero-order valence-corrected chi connectivity index (χ0v) is 12.2. The van der Waals surface area contributed by atoms with E-state index in [2.05, 4.69) is 24.1 Å². The molecule has 4 atom stereocenters. The summed E-state index contributed by atoms with van der Waals surface area (Å²) in [5.41, 5.74) is 0. The van der Waals surface area contributed by atoms with Gasteiger partial charge in [-0.15, -0.1) is 0 Å². The van der Waals surface area contributed by atoms with Crippen LogP contribution in [-0.2, 0) is 0 Å². The molecule has 1 heterocycles. The zero-order valence-electron chi connectivity index (χ0n) is 12.2. The van der Waals surface area contributed by atoms with Crippen molar-refractivity contribution in [3.8, 4) is 0 Å². The molecule has 0 aromatic heterocycles. The third-order valence-corrected chi connectivity index (χ3v) is 5.51. The van der Waals surface area contributed by atoms with Crippen molar-refractivity contribution in [3.63, 3.8) is 0 Å². The standard InChI is InChI=1S/C16H30N2/c1-12-4-7-16(13(2)10-12)18-9-3-8-17-15(11-18)14-5-6-14/h12-17H,3-11H2,1-2H3. The van der Waals surface area contributed by atoms with Gasteiger partial charge in [0.25, 0.3) is 0 Å². The van der Waals surface area contributed by atoms with Crippen LogP contribution in [-0.4, -0.2) is 36.6 Å². The monoisotopic (exact) mass is 250 g/mol. The summed E-state index contributed by atoms with van der Waals surface area (Å²) in [6.07, 6.45) is 8.64. The van der Waals surface area contributed by atoms with Crippen LogP contribution in [0.1, 0.15) is 52.4 Å². The maximum atomic E-state index is 3.79. The summed E-state index contributed by atoms with van der Waals surface area (Å²) in [5, 5.41) is 3.79. The lowest BCUT2D eigenvalue weighted by molar-refractivity contribution is 0.0898.